The van der Waals surface area contributed by atoms with E-state index in [9.17, 15) is 4.79 Å². The molecule has 0 fully saturated rings. The summed E-state index contributed by atoms with van der Waals surface area (Å²) in [5.74, 6) is 1.31. The van der Waals surface area contributed by atoms with Gasteiger partial charge in [-0.3, -0.25) is 4.79 Å². The number of hydrogen-bond donors (Lipinski definition) is 2. The highest BCUT2D eigenvalue weighted by Crippen LogP contribution is 2.36. The van der Waals surface area contributed by atoms with Crippen LogP contribution in [0.25, 0.3) is 22.0 Å². The Kier molecular flexibility index (Phi) is 5.52. The molecule has 1 atom stereocenters. The third-order valence-corrected chi connectivity index (χ3v) is 6.13. The number of halogens is 1. The van der Waals surface area contributed by atoms with E-state index in [1.807, 2.05) is 60.7 Å². The number of ether oxygens (including phenoxy) is 2. The van der Waals surface area contributed by atoms with Crippen molar-refractivity contribution in [3.05, 3.63) is 93.2 Å². The summed E-state index contributed by atoms with van der Waals surface area (Å²) in [6.07, 6.45) is 0.546. The first kappa shape index (κ1) is 21.1. The molecule has 1 aliphatic rings. The van der Waals surface area contributed by atoms with Crippen LogP contribution in [0.2, 0.25) is 5.02 Å². The second-order valence-electron chi connectivity index (χ2n) is 7.82. The van der Waals surface area contributed by atoms with Crippen molar-refractivity contribution in [3.8, 4) is 22.6 Å². The molecule has 0 amide bonds. The molecule has 1 unspecified atom stereocenters. The van der Waals surface area contributed by atoms with E-state index < -0.39 is 0 Å². The van der Waals surface area contributed by atoms with Crippen LogP contribution in [-0.4, -0.2) is 24.9 Å². The molecule has 3 aromatic carbocycles. The van der Waals surface area contributed by atoms with Crippen LogP contribution in [0.4, 0.5) is 0 Å². The zero-order chi connectivity index (χ0) is 22.9. The van der Waals surface area contributed by atoms with Crippen molar-refractivity contribution in [3.63, 3.8) is 0 Å². The van der Waals surface area contributed by atoms with Gasteiger partial charge in [-0.2, -0.15) is 5.10 Å². The van der Waals surface area contributed by atoms with Gasteiger partial charge < -0.3 is 19.9 Å². The van der Waals surface area contributed by atoms with Gasteiger partial charge >= 0.3 is 0 Å². The van der Waals surface area contributed by atoms with E-state index in [0.29, 0.717) is 34.2 Å². The van der Waals surface area contributed by atoms with Gasteiger partial charge in [-0.05, 0) is 41.5 Å². The van der Waals surface area contributed by atoms with Gasteiger partial charge in [0.1, 0.15) is 0 Å². The fraction of sp³-hybridized carbons (Fsp3) is 0.154. The van der Waals surface area contributed by atoms with Crippen molar-refractivity contribution in [1.82, 2.24) is 10.4 Å². The maximum Gasteiger partial charge on any atom is 0.258 e. The number of methoxy groups -OCH3 is 2. The lowest BCUT2D eigenvalue weighted by Gasteiger charge is -2.15. The Morgan fingerprint density at radius 1 is 0.939 bits per heavy atom. The Morgan fingerprint density at radius 2 is 1.73 bits per heavy atom. The lowest BCUT2D eigenvalue weighted by molar-refractivity contribution is 0.354. The van der Waals surface area contributed by atoms with Gasteiger partial charge in [-0.25, -0.2) is 0 Å². The number of nitrogens with one attached hydrogen (secondary N) is 2. The molecule has 0 saturated carbocycles. The Labute approximate surface area is 195 Å². The van der Waals surface area contributed by atoms with Crippen LogP contribution in [-0.2, 0) is 0 Å². The summed E-state index contributed by atoms with van der Waals surface area (Å²) >= 11 is 6.33. The molecule has 5 rings (SSSR count). The van der Waals surface area contributed by atoms with E-state index in [4.69, 9.17) is 21.1 Å². The number of hydrazone groups is 1. The molecule has 0 saturated heterocycles. The Morgan fingerprint density at radius 3 is 2.48 bits per heavy atom. The van der Waals surface area contributed by atoms with Crippen molar-refractivity contribution < 1.29 is 9.47 Å². The molecule has 1 aromatic heterocycles. The third kappa shape index (κ3) is 3.83. The number of H-pyrrole nitrogens is 1. The van der Waals surface area contributed by atoms with Crippen molar-refractivity contribution in [2.45, 2.75) is 12.5 Å². The van der Waals surface area contributed by atoms with Gasteiger partial charge in [0.05, 0.1) is 31.5 Å². The first-order valence-electron chi connectivity index (χ1n) is 10.5. The standard InChI is InChI=1S/C26H22ClN3O3/c1-32-22-11-8-16(12-23(22)33-2)20-14-21(30-29-20)25-24(15-6-4-3-5-7-15)18-13-17(27)9-10-19(18)28-26(25)31/h3-13,20,29H,14H2,1-2H3,(H,28,31). The second kappa shape index (κ2) is 8.64. The van der Waals surface area contributed by atoms with E-state index in [2.05, 4.69) is 15.5 Å². The Hall–Kier alpha value is -3.77. The van der Waals surface area contributed by atoms with Crippen LogP contribution in [0.1, 0.15) is 23.6 Å². The predicted octanol–water partition coefficient (Wildman–Crippen LogP) is 5.30. The zero-order valence-corrected chi connectivity index (χ0v) is 18.9. The molecule has 1 aliphatic heterocycles. The van der Waals surface area contributed by atoms with E-state index in [0.717, 1.165) is 27.6 Å². The van der Waals surface area contributed by atoms with Crippen LogP contribution in [0.5, 0.6) is 11.5 Å². The molecular formula is C26H22ClN3O3. The number of nitrogens with zero attached hydrogens (tertiary/aromatic N) is 1. The molecule has 166 valence electrons. The highest BCUT2D eigenvalue weighted by Gasteiger charge is 2.27. The topological polar surface area (TPSA) is 75.7 Å². The minimum atomic E-state index is -0.183. The SMILES string of the molecule is COc1ccc(C2CC(c3c(-c4ccccc4)c4cc(Cl)ccc4[nH]c3=O)=NN2)cc1OC. The number of rotatable bonds is 5. The third-order valence-electron chi connectivity index (χ3n) is 5.89. The maximum absolute atomic E-state index is 13.3. The number of pyridine rings is 1. The van der Waals surface area contributed by atoms with Crippen molar-refractivity contribution >= 4 is 28.2 Å². The predicted molar refractivity (Wildman–Crippen MR) is 132 cm³/mol. The summed E-state index contributed by atoms with van der Waals surface area (Å²) in [6.45, 7) is 0. The summed E-state index contributed by atoms with van der Waals surface area (Å²) < 4.78 is 10.8. The number of aromatic amines is 1. The lowest BCUT2D eigenvalue weighted by atomic mass is 9.91. The van der Waals surface area contributed by atoms with Crippen molar-refractivity contribution in [1.29, 1.82) is 0 Å². The van der Waals surface area contributed by atoms with Crippen LogP contribution in [0.3, 0.4) is 0 Å². The first-order chi connectivity index (χ1) is 16.1. The van der Waals surface area contributed by atoms with E-state index in [1.54, 1.807) is 20.3 Å². The van der Waals surface area contributed by atoms with E-state index in [-0.39, 0.29) is 11.6 Å². The van der Waals surface area contributed by atoms with Crippen LogP contribution >= 0.6 is 11.6 Å². The minimum Gasteiger partial charge on any atom is -0.493 e. The van der Waals surface area contributed by atoms with Gasteiger partial charge in [-0.15, -0.1) is 0 Å². The average Bonchev–Trinajstić information content (AvgIpc) is 3.33. The van der Waals surface area contributed by atoms with Crippen molar-refractivity contribution in [2.24, 2.45) is 5.10 Å². The monoisotopic (exact) mass is 459 g/mol. The normalized spacial score (nSPS) is 15.2. The summed E-state index contributed by atoms with van der Waals surface area (Å²) in [7, 11) is 3.22. The summed E-state index contributed by atoms with van der Waals surface area (Å²) in [5.41, 5.74) is 7.73. The van der Waals surface area contributed by atoms with E-state index in [1.165, 1.54) is 0 Å². The smallest absolute Gasteiger partial charge is 0.258 e. The number of benzene rings is 3. The molecule has 33 heavy (non-hydrogen) atoms. The quantitative estimate of drug-likeness (QED) is 0.424. The van der Waals surface area contributed by atoms with Gasteiger partial charge in [0, 0.05) is 27.9 Å². The Balaban J connectivity index is 1.61. The number of aromatic nitrogens is 1. The van der Waals surface area contributed by atoms with Gasteiger partial charge in [-0.1, -0.05) is 48.0 Å². The highest BCUT2D eigenvalue weighted by molar-refractivity contribution is 6.31. The maximum atomic E-state index is 13.3. The molecule has 2 heterocycles. The van der Waals surface area contributed by atoms with Gasteiger partial charge in [0.15, 0.2) is 11.5 Å². The number of hydrogen-bond acceptors (Lipinski definition) is 5. The fourth-order valence-corrected chi connectivity index (χ4v) is 4.48. The van der Waals surface area contributed by atoms with Gasteiger partial charge in [0.2, 0.25) is 0 Å². The van der Waals surface area contributed by atoms with Gasteiger partial charge in [0.25, 0.3) is 5.56 Å². The molecule has 0 radical (unpaired) electrons. The largest absolute Gasteiger partial charge is 0.493 e. The average molecular weight is 460 g/mol. The lowest BCUT2D eigenvalue weighted by Crippen LogP contribution is -2.20. The summed E-state index contributed by atoms with van der Waals surface area (Å²) in [4.78, 5) is 16.3. The fourth-order valence-electron chi connectivity index (χ4n) is 4.31. The Bertz CT molecular complexity index is 1430. The van der Waals surface area contributed by atoms with Crippen molar-refractivity contribution in [2.75, 3.05) is 14.2 Å². The van der Waals surface area contributed by atoms with Crippen LogP contribution in [0.15, 0.2) is 76.6 Å². The second-order valence-corrected chi connectivity index (χ2v) is 8.26. The molecule has 2 N–H and O–H groups in total. The van der Waals surface area contributed by atoms with E-state index >= 15 is 0 Å². The molecule has 7 heteroatoms. The summed E-state index contributed by atoms with van der Waals surface area (Å²) in [6, 6.07) is 21.0. The number of fused-ring (bicyclic) bond motifs is 1. The molecular weight excluding hydrogens is 438 g/mol. The van der Waals surface area contributed by atoms with Crippen LogP contribution in [0, 0.1) is 0 Å². The molecule has 0 bridgehead atoms. The molecule has 0 spiro atoms. The minimum absolute atomic E-state index is 0.0992. The molecule has 4 aromatic rings. The molecule has 0 aliphatic carbocycles. The zero-order valence-electron chi connectivity index (χ0n) is 18.2. The summed E-state index contributed by atoms with van der Waals surface area (Å²) in [5, 5.41) is 6.06. The first-order valence-corrected chi connectivity index (χ1v) is 10.9. The highest BCUT2D eigenvalue weighted by atomic mass is 35.5. The van der Waals surface area contributed by atoms with Crippen LogP contribution < -0.4 is 20.5 Å². The molecule has 6 nitrogen and oxygen atoms in total.